The van der Waals surface area contributed by atoms with Crippen LogP contribution in [-0.4, -0.2) is 16.8 Å². The van der Waals surface area contributed by atoms with Crippen LogP contribution >= 0.6 is 11.8 Å². The van der Waals surface area contributed by atoms with Crippen LogP contribution in [0.3, 0.4) is 0 Å². The molecule has 2 rings (SSSR count). The highest BCUT2D eigenvalue weighted by atomic mass is 32.2. The highest BCUT2D eigenvalue weighted by Gasteiger charge is 2.19. The number of hydrogen-bond donors (Lipinski definition) is 3. The van der Waals surface area contributed by atoms with Gasteiger partial charge in [0.1, 0.15) is 0 Å². The Kier molecular flexibility index (Phi) is 5.80. The number of nitrogens with one attached hydrogen (secondary N) is 1. The maximum atomic E-state index is 12.0. The molecule has 0 heterocycles. The van der Waals surface area contributed by atoms with Crippen molar-refractivity contribution in [3.8, 4) is 0 Å². The van der Waals surface area contributed by atoms with Crippen molar-refractivity contribution in [3.05, 3.63) is 65.7 Å². The summed E-state index contributed by atoms with van der Waals surface area (Å²) in [6.45, 7) is 0.0349. The molecule has 1 unspecified atom stereocenters. The van der Waals surface area contributed by atoms with Crippen molar-refractivity contribution in [1.82, 2.24) is 5.43 Å². The van der Waals surface area contributed by atoms with E-state index in [0.717, 1.165) is 16.0 Å². The van der Waals surface area contributed by atoms with Gasteiger partial charge in [0.25, 0.3) is 0 Å². The van der Waals surface area contributed by atoms with Crippen LogP contribution in [-0.2, 0) is 11.4 Å². The SMILES string of the molecule is NNC(=O)C(CSc1ccc(CO)cc1)c1ccccc1. The topological polar surface area (TPSA) is 75.3 Å². The molecule has 0 saturated carbocycles. The number of thioether (sulfide) groups is 1. The zero-order valence-corrected chi connectivity index (χ0v) is 12.3. The Balaban J connectivity index is 2.07. The van der Waals surface area contributed by atoms with E-state index >= 15 is 0 Å². The number of carbonyl (C=O) groups is 1. The first kappa shape index (κ1) is 15.6. The number of nitrogens with two attached hydrogens (primary N) is 1. The lowest BCUT2D eigenvalue weighted by molar-refractivity contribution is -0.122. The third-order valence-electron chi connectivity index (χ3n) is 3.18. The van der Waals surface area contributed by atoms with E-state index in [1.807, 2.05) is 54.6 Å². The third-order valence-corrected chi connectivity index (χ3v) is 4.29. The average molecular weight is 302 g/mol. The van der Waals surface area contributed by atoms with Crippen LogP contribution in [0.15, 0.2) is 59.5 Å². The number of hydrazine groups is 1. The summed E-state index contributed by atoms with van der Waals surface area (Å²) in [6.07, 6.45) is 0. The highest BCUT2D eigenvalue weighted by Crippen LogP contribution is 2.26. The molecular formula is C16H18N2O2S. The Bertz CT molecular complexity index is 573. The Hall–Kier alpha value is -1.82. The van der Waals surface area contributed by atoms with Gasteiger partial charge in [-0.1, -0.05) is 42.5 Å². The van der Waals surface area contributed by atoms with E-state index in [1.165, 1.54) is 0 Å². The van der Waals surface area contributed by atoms with E-state index < -0.39 is 0 Å². The maximum absolute atomic E-state index is 12.0. The standard InChI is InChI=1S/C16H18N2O2S/c17-18-16(20)15(13-4-2-1-3-5-13)11-21-14-8-6-12(10-19)7-9-14/h1-9,15,19H,10-11,17H2,(H,18,20). The molecule has 0 aliphatic carbocycles. The highest BCUT2D eigenvalue weighted by molar-refractivity contribution is 7.99. The van der Waals surface area contributed by atoms with Gasteiger partial charge in [0.2, 0.25) is 5.91 Å². The molecule has 2 aromatic carbocycles. The third kappa shape index (κ3) is 4.32. The Morgan fingerprint density at radius 3 is 2.38 bits per heavy atom. The number of benzene rings is 2. The lowest BCUT2D eigenvalue weighted by atomic mass is 10.0. The molecule has 0 spiro atoms. The second-order valence-corrected chi connectivity index (χ2v) is 5.68. The zero-order valence-electron chi connectivity index (χ0n) is 11.5. The second kappa shape index (κ2) is 7.83. The second-order valence-electron chi connectivity index (χ2n) is 4.58. The summed E-state index contributed by atoms with van der Waals surface area (Å²) in [6, 6.07) is 17.2. The Morgan fingerprint density at radius 2 is 1.81 bits per heavy atom. The molecule has 1 atom stereocenters. The van der Waals surface area contributed by atoms with E-state index in [0.29, 0.717) is 5.75 Å². The summed E-state index contributed by atoms with van der Waals surface area (Å²) in [4.78, 5) is 13.0. The van der Waals surface area contributed by atoms with E-state index in [1.54, 1.807) is 11.8 Å². The van der Waals surface area contributed by atoms with Gasteiger partial charge in [0.05, 0.1) is 12.5 Å². The largest absolute Gasteiger partial charge is 0.392 e. The fourth-order valence-electron chi connectivity index (χ4n) is 1.98. The molecule has 1 amide bonds. The molecule has 0 bridgehead atoms. The minimum Gasteiger partial charge on any atom is -0.392 e. The molecule has 21 heavy (non-hydrogen) atoms. The first-order valence-corrected chi connectivity index (χ1v) is 7.61. The van der Waals surface area contributed by atoms with Crippen LogP contribution in [0.5, 0.6) is 0 Å². The van der Waals surface area contributed by atoms with E-state index in [9.17, 15) is 4.79 Å². The first-order chi connectivity index (χ1) is 10.2. The maximum Gasteiger partial charge on any atom is 0.242 e. The van der Waals surface area contributed by atoms with Gasteiger partial charge < -0.3 is 5.11 Å². The van der Waals surface area contributed by atoms with Gasteiger partial charge in [-0.2, -0.15) is 0 Å². The molecular weight excluding hydrogens is 284 g/mol. The summed E-state index contributed by atoms with van der Waals surface area (Å²) < 4.78 is 0. The van der Waals surface area contributed by atoms with Gasteiger partial charge in [-0.3, -0.25) is 10.2 Å². The fraction of sp³-hybridized carbons (Fsp3) is 0.188. The van der Waals surface area contributed by atoms with Crippen molar-refractivity contribution in [2.45, 2.75) is 17.4 Å². The van der Waals surface area contributed by atoms with Gasteiger partial charge in [0, 0.05) is 10.6 Å². The van der Waals surface area contributed by atoms with Gasteiger partial charge in [0.15, 0.2) is 0 Å². The van der Waals surface area contributed by atoms with Gasteiger partial charge >= 0.3 is 0 Å². The first-order valence-electron chi connectivity index (χ1n) is 6.62. The van der Waals surface area contributed by atoms with Crippen molar-refractivity contribution < 1.29 is 9.90 Å². The van der Waals surface area contributed by atoms with Crippen LogP contribution in [0.2, 0.25) is 0 Å². The van der Waals surface area contributed by atoms with Gasteiger partial charge in [-0.05, 0) is 23.3 Å². The molecule has 4 N–H and O–H groups in total. The van der Waals surface area contributed by atoms with Crippen LogP contribution in [0.25, 0.3) is 0 Å². The lowest BCUT2D eigenvalue weighted by Gasteiger charge is -2.15. The van der Waals surface area contributed by atoms with E-state index in [2.05, 4.69) is 5.43 Å². The van der Waals surface area contributed by atoms with Crippen molar-refractivity contribution in [3.63, 3.8) is 0 Å². The molecule has 0 radical (unpaired) electrons. The molecule has 0 aromatic heterocycles. The van der Waals surface area contributed by atoms with Crippen LogP contribution in [0, 0.1) is 0 Å². The molecule has 0 aliphatic heterocycles. The summed E-state index contributed by atoms with van der Waals surface area (Å²) in [5, 5.41) is 9.03. The number of hydrogen-bond acceptors (Lipinski definition) is 4. The van der Waals surface area contributed by atoms with Gasteiger partial charge in [-0.25, -0.2) is 5.84 Å². The normalized spacial score (nSPS) is 11.9. The van der Waals surface area contributed by atoms with Crippen LogP contribution in [0.4, 0.5) is 0 Å². The predicted molar refractivity (Wildman–Crippen MR) is 84.6 cm³/mol. The van der Waals surface area contributed by atoms with Crippen LogP contribution < -0.4 is 11.3 Å². The summed E-state index contributed by atoms with van der Waals surface area (Å²) >= 11 is 1.59. The minimum atomic E-state index is -0.293. The zero-order chi connectivity index (χ0) is 15.1. The smallest absolute Gasteiger partial charge is 0.242 e. The van der Waals surface area contributed by atoms with E-state index in [-0.39, 0.29) is 18.4 Å². The monoisotopic (exact) mass is 302 g/mol. The predicted octanol–water partition coefficient (Wildman–Crippen LogP) is 2.04. The Morgan fingerprint density at radius 1 is 1.14 bits per heavy atom. The molecule has 110 valence electrons. The van der Waals surface area contributed by atoms with E-state index in [4.69, 9.17) is 10.9 Å². The Labute approximate surface area is 128 Å². The van der Waals surface area contributed by atoms with Crippen molar-refractivity contribution in [2.24, 2.45) is 5.84 Å². The molecule has 0 saturated heterocycles. The molecule has 2 aromatic rings. The summed E-state index contributed by atoms with van der Waals surface area (Å²) in [7, 11) is 0. The number of carbonyl (C=O) groups excluding carboxylic acids is 1. The average Bonchev–Trinajstić information content (AvgIpc) is 2.56. The lowest BCUT2D eigenvalue weighted by Crippen LogP contribution is -2.35. The summed E-state index contributed by atoms with van der Waals surface area (Å²) in [5.41, 5.74) is 4.05. The van der Waals surface area contributed by atoms with Crippen molar-refractivity contribution in [2.75, 3.05) is 5.75 Å². The molecule has 0 fully saturated rings. The van der Waals surface area contributed by atoms with Crippen molar-refractivity contribution >= 4 is 17.7 Å². The van der Waals surface area contributed by atoms with Crippen LogP contribution in [0.1, 0.15) is 17.0 Å². The number of aliphatic hydroxyl groups excluding tert-OH is 1. The molecule has 5 heteroatoms. The van der Waals surface area contributed by atoms with Gasteiger partial charge in [-0.15, -0.1) is 11.8 Å². The minimum absolute atomic E-state index is 0.0349. The quantitative estimate of drug-likeness (QED) is 0.330. The number of rotatable bonds is 6. The molecule has 4 nitrogen and oxygen atoms in total. The summed E-state index contributed by atoms with van der Waals surface area (Å²) in [5.74, 6) is 5.40. The fourth-order valence-corrected chi connectivity index (χ4v) is 3.01. The van der Waals surface area contributed by atoms with Crippen molar-refractivity contribution in [1.29, 1.82) is 0 Å². The number of amides is 1. The number of aliphatic hydroxyl groups is 1. The molecule has 0 aliphatic rings.